The highest BCUT2D eigenvalue weighted by atomic mass is 79.9. The van der Waals surface area contributed by atoms with E-state index in [1.54, 1.807) is 0 Å². The van der Waals surface area contributed by atoms with Crippen molar-refractivity contribution in [2.75, 3.05) is 6.61 Å². The van der Waals surface area contributed by atoms with Gasteiger partial charge in [-0.25, -0.2) is 0 Å². The number of ether oxygens (including phenoxy) is 1. The quantitative estimate of drug-likeness (QED) is 0.589. The van der Waals surface area contributed by atoms with Gasteiger partial charge in [0, 0.05) is 5.38 Å². The van der Waals surface area contributed by atoms with Crippen molar-refractivity contribution >= 4 is 27.3 Å². The molecule has 12 heavy (non-hydrogen) atoms. The van der Waals surface area contributed by atoms with Crippen LogP contribution in [0.4, 0.5) is 0 Å². The maximum Gasteiger partial charge on any atom is 0.274 e. The smallest absolute Gasteiger partial charge is 0.274 e. The lowest BCUT2D eigenvalue weighted by molar-refractivity contribution is 0.310. The van der Waals surface area contributed by atoms with E-state index >= 15 is 0 Å². The molecule has 0 radical (unpaired) electrons. The van der Waals surface area contributed by atoms with E-state index in [0.29, 0.717) is 6.61 Å². The summed E-state index contributed by atoms with van der Waals surface area (Å²) in [5, 5.41) is 2.63. The summed E-state index contributed by atoms with van der Waals surface area (Å²) in [4.78, 5) is 4.10. The molecule has 0 amide bonds. The zero-order valence-corrected chi connectivity index (χ0v) is 9.03. The summed E-state index contributed by atoms with van der Waals surface area (Å²) in [6.45, 7) is 4.35. The molecular weight excluding hydrogens is 238 g/mol. The molecule has 2 nitrogen and oxygen atoms in total. The van der Waals surface area contributed by atoms with Crippen LogP contribution in [0.1, 0.15) is 12.8 Å². The third kappa shape index (κ3) is 3.36. The van der Waals surface area contributed by atoms with Gasteiger partial charge in [-0.05, 0) is 28.8 Å². The van der Waals surface area contributed by atoms with Gasteiger partial charge in [0.2, 0.25) is 0 Å². The molecule has 0 spiro atoms. The van der Waals surface area contributed by atoms with Crippen LogP contribution >= 0.6 is 27.3 Å². The van der Waals surface area contributed by atoms with Gasteiger partial charge in [-0.2, -0.15) is 4.98 Å². The normalized spacial score (nSPS) is 9.75. The van der Waals surface area contributed by atoms with Crippen molar-refractivity contribution < 1.29 is 4.74 Å². The summed E-state index contributed by atoms with van der Waals surface area (Å²) in [6, 6.07) is 0. The lowest BCUT2D eigenvalue weighted by Gasteiger charge is -1.98. The first-order chi connectivity index (χ1) is 5.83. The van der Waals surface area contributed by atoms with Gasteiger partial charge in [0.25, 0.3) is 5.19 Å². The van der Waals surface area contributed by atoms with Crippen LogP contribution in [0.15, 0.2) is 22.6 Å². The zero-order chi connectivity index (χ0) is 8.81. The van der Waals surface area contributed by atoms with E-state index in [-0.39, 0.29) is 0 Å². The molecule has 0 bridgehead atoms. The monoisotopic (exact) mass is 247 g/mol. The molecule has 0 aliphatic rings. The van der Waals surface area contributed by atoms with Crippen LogP contribution in [0.25, 0.3) is 0 Å². The second kappa shape index (κ2) is 5.32. The van der Waals surface area contributed by atoms with Crippen molar-refractivity contribution in [1.82, 2.24) is 4.98 Å². The average Bonchev–Trinajstić information content (AvgIpc) is 2.45. The Morgan fingerprint density at radius 2 is 2.58 bits per heavy atom. The van der Waals surface area contributed by atoms with E-state index < -0.39 is 0 Å². The number of hydrogen-bond acceptors (Lipinski definition) is 3. The highest BCUT2D eigenvalue weighted by Crippen LogP contribution is 2.21. The zero-order valence-electron chi connectivity index (χ0n) is 6.62. The molecule has 0 fully saturated rings. The number of rotatable bonds is 5. The number of unbranched alkanes of at least 4 members (excludes halogenated alkanes) is 1. The minimum absolute atomic E-state index is 0.714. The first-order valence-corrected chi connectivity index (χ1v) is 5.35. The van der Waals surface area contributed by atoms with Crippen LogP contribution in [-0.4, -0.2) is 11.6 Å². The first kappa shape index (κ1) is 9.74. The molecular formula is C8H10BrNOS. The lowest BCUT2D eigenvalue weighted by Crippen LogP contribution is -1.95. The number of thiazole rings is 1. The summed E-state index contributed by atoms with van der Waals surface area (Å²) in [6.07, 6.45) is 3.88. The highest BCUT2D eigenvalue weighted by Gasteiger charge is 1.98. The van der Waals surface area contributed by atoms with Crippen molar-refractivity contribution in [3.05, 3.63) is 22.6 Å². The highest BCUT2D eigenvalue weighted by molar-refractivity contribution is 9.10. The minimum Gasteiger partial charge on any atom is -0.470 e. The molecule has 0 N–H and O–H groups in total. The Morgan fingerprint density at radius 1 is 1.75 bits per heavy atom. The Balaban J connectivity index is 2.19. The molecule has 0 unspecified atom stereocenters. The summed E-state index contributed by atoms with van der Waals surface area (Å²) in [7, 11) is 0. The number of allylic oxidation sites excluding steroid dienone is 1. The molecule has 4 heteroatoms. The molecule has 1 aromatic heterocycles. The Morgan fingerprint density at radius 3 is 3.17 bits per heavy atom. The van der Waals surface area contributed by atoms with Crippen molar-refractivity contribution in [3.8, 4) is 5.19 Å². The second-order valence-corrected chi connectivity index (χ2v) is 3.85. The summed E-state index contributed by atoms with van der Waals surface area (Å²) >= 11 is 4.76. The van der Waals surface area contributed by atoms with Crippen molar-refractivity contribution in [2.24, 2.45) is 0 Å². The van der Waals surface area contributed by atoms with Crippen molar-refractivity contribution in [1.29, 1.82) is 0 Å². The van der Waals surface area contributed by atoms with E-state index in [1.165, 1.54) is 11.3 Å². The SMILES string of the molecule is C=CCCCOc1nc(Br)cs1. The Bertz CT molecular complexity index is 249. The van der Waals surface area contributed by atoms with Crippen LogP contribution in [0.3, 0.4) is 0 Å². The number of hydrogen-bond donors (Lipinski definition) is 0. The van der Waals surface area contributed by atoms with E-state index in [1.807, 2.05) is 11.5 Å². The number of nitrogens with zero attached hydrogens (tertiary/aromatic N) is 1. The van der Waals surface area contributed by atoms with Gasteiger partial charge in [0.1, 0.15) is 4.60 Å². The molecule has 0 aliphatic heterocycles. The van der Waals surface area contributed by atoms with E-state index in [0.717, 1.165) is 22.6 Å². The second-order valence-electron chi connectivity index (χ2n) is 2.22. The van der Waals surface area contributed by atoms with Gasteiger partial charge in [-0.3, -0.25) is 0 Å². The van der Waals surface area contributed by atoms with Gasteiger partial charge in [-0.15, -0.1) is 6.58 Å². The third-order valence-electron chi connectivity index (χ3n) is 1.23. The largest absolute Gasteiger partial charge is 0.470 e. The average molecular weight is 248 g/mol. The standard InChI is InChI=1S/C8H10BrNOS/c1-2-3-4-5-11-8-10-7(9)6-12-8/h2,6H,1,3-5H2. The van der Waals surface area contributed by atoms with E-state index in [9.17, 15) is 0 Å². The number of halogens is 1. The molecule has 1 rings (SSSR count). The molecule has 1 heterocycles. The molecule has 0 saturated heterocycles. The number of aromatic nitrogens is 1. The fourth-order valence-electron chi connectivity index (χ4n) is 0.692. The lowest BCUT2D eigenvalue weighted by atomic mass is 10.3. The van der Waals surface area contributed by atoms with E-state index in [2.05, 4.69) is 27.5 Å². The van der Waals surface area contributed by atoms with Crippen LogP contribution in [0.2, 0.25) is 0 Å². The molecule has 0 aliphatic carbocycles. The van der Waals surface area contributed by atoms with E-state index in [4.69, 9.17) is 4.74 Å². The fraction of sp³-hybridized carbons (Fsp3) is 0.375. The summed E-state index contributed by atoms with van der Waals surface area (Å²) in [5.41, 5.74) is 0. The maximum atomic E-state index is 5.36. The molecule has 0 aromatic carbocycles. The maximum absolute atomic E-state index is 5.36. The van der Waals surface area contributed by atoms with Gasteiger partial charge in [0.15, 0.2) is 0 Å². The molecule has 66 valence electrons. The Kier molecular flexibility index (Phi) is 4.32. The topological polar surface area (TPSA) is 22.1 Å². The third-order valence-corrected chi connectivity index (χ3v) is 2.69. The minimum atomic E-state index is 0.714. The predicted molar refractivity (Wildman–Crippen MR) is 54.7 cm³/mol. The van der Waals surface area contributed by atoms with Crippen molar-refractivity contribution in [3.63, 3.8) is 0 Å². The van der Waals surface area contributed by atoms with Crippen LogP contribution in [0, 0.1) is 0 Å². The predicted octanol–water partition coefficient (Wildman–Crippen LogP) is 3.25. The molecule has 1 aromatic rings. The van der Waals surface area contributed by atoms with Crippen LogP contribution < -0.4 is 4.74 Å². The molecule has 0 atom stereocenters. The van der Waals surface area contributed by atoms with Crippen molar-refractivity contribution in [2.45, 2.75) is 12.8 Å². The Hall–Kier alpha value is -0.350. The van der Waals surface area contributed by atoms with Crippen LogP contribution in [0.5, 0.6) is 5.19 Å². The Labute approximate surface area is 84.4 Å². The van der Waals surface area contributed by atoms with Gasteiger partial charge < -0.3 is 4.74 Å². The summed E-state index contributed by atoms with van der Waals surface area (Å²) in [5.74, 6) is 0. The van der Waals surface area contributed by atoms with Gasteiger partial charge in [-0.1, -0.05) is 17.4 Å². The fourth-order valence-corrected chi connectivity index (χ4v) is 1.80. The van der Waals surface area contributed by atoms with Crippen LogP contribution in [-0.2, 0) is 0 Å². The van der Waals surface area contributed by atoms with Gasteiger partial charge in [0.05, 0.1) is 6.61 Å². The summed E-state index contributed by atoms with van der Waals surface area (Å²) < 4.78 is 6.20. The molecule has 0 saturated carbocycles. The van der Waals surface area contributed by atoms with Gasteiger partial charge >= 0.3 is 0 Å². The first-order valence-electron chi connectivity index (χ1n) is 3.67.